The van der Waals surface area contributed by atoms with Gasteiger partial charge in [-0.2, -0.15) is 0 Å². The third-order valence-corrected chi connectivity index (χ3v) is 2.65. The fourth-order valence-corrected chi connectivity index (χ4v) is 1.60. The molecule has 0 saturated heterocycles. The van der Waals surface area contributed by atoms with Crippen molar-refractivity contribution < 1.29 is 13.6 Å². The van der Waals surface area contributed by atoms with Crippen molar-refractivity contribution in [1.82, 2.24) is 0 Å². The molecule has 0 unspecified atom stereocenters. The van der Waals surface area contributed by atoms with Crippen molar-refractivity contribution in [2.45, 2.75) is 33.1 Å². The second kappa shape index (κ2) is 6.28. The first-order valence-electron chi connectivity index (χ1n) is 5.73. The highest BCUT2D eigenvalue weighted by molar-refractivity contribution is 5.92. The molecule has 0 saturated carbocycles. The van der Waals surface area contributed by atoms with Crippen molar-refractivity contribution in [1.29, 1.82) is 0 Å². The molecule has 92 valence electrons. The van der Waals surface area contributed by atoms with Crippen molar-refractivity contribution in [3.63, 3.8) is 0 Å². The summed E-state index contributed by atoms with van der Waals surface area (Å²) in [5.41, 5.74) is 1.13. The molecular formula is C14H16F2O. The molecular weight excluding hydrogens is 222 g/mol. The van der Waals surface area contributed by atoms with Gasteiger partial charge in [-0.15, -0.1) is 0 Å². The summed E-state index contributed by atoms with van der Waals surface area (Å²) in [6.45, 7) is 3.93. The van der Waals surface area contributed by atoms with Crippen LogP contribution in [0.1, 0.15) is 32.3 Å². The van der Waals surface area contributed by atoms with E-state index in [9.17, 15) is 13.6 Å². The number of carbonyl (C=O) groups is 1. The predicted molar refractivity (Wildman–Crippen MR) is 63.7 cm³/mol. The first kappa shape index (κ1) is 13.6. The molecule has 0 bridgehead atoms. The third-order valence-electron chi connectivity index (χ3n) is 2.65. The number of halogens is 2. The molecule has 3 heteroatoms. The summed E-state index contributed by atoms with van der Waals surface area (Å²) in [5, 5.41) is 0. The summed E-state index contributed by atoms with van der Waals surface area (Å²) >= 11 is 0. The Labute approximate surface area is 100 Å². The van der Waals surface area contributed by atoms with Crippen LogP contribution in [0.25, 0.3) is 0 Å². The van der Waals surface area contributed by atoms with E-state index in [0.29, 0.717) is 0 Å². The van der Waals surface area contributed by atoms with Crippen LogP contribution in [-0.2, 0) is 11.2 Å². The summed E-state index contributed by atoms with van der Waals surface area (Å²) in [6, 6.07) is 3.16. The topological polar surface area (TPSA) is 17.1 Å². The van der Waals surface area contributed by atoms with Crippen molar-refractivity contribution in [2.24, 2.45) is 0 Å². The zero-order valence-corrected chi connectivity index (χ0v) is 10.1. The second-order valence-electron chi connectivity index (χ2n) is 3.89. The Balaban J connectivity index is 2.81. The van der Waals surface area contributed by atoms with Crippen LogP contribution in [0.3, 0.4) is 0 Å². The lowest BCUT2D eigenvalue weighted by molar-refractivity contribution is -0.114. The average Bonchev–Trinajstić information content (AvgIpc) is 2.31. The first-order valence-corrected chi connectivity index (χ1v) is 5.73. The van der Waals surface area contributed by atoms with Gasteiger partial charge in [0.15, 0.2) is 5.78 Å². The van der Waals surface area contributed by atoms with Crippen molar-refractivity contribution >= 4 is 5.78 Å². The van der Waals surface area contributed by atoms with Crippen LogP contribution in [0.15, 0.2) is 29.8 Å². The van der Waals surface area contributed by atoms with Gasteiger partial charge in [-0.1, -0.05) is 19.4 Å². The summed E-state index contributed by atoms with van der Waals surface area (Å²) < 4.78 is 26.2. The van der Waals surface area contributed by atoms with E-state index < -0.39 is 11.6 Å². The lowest BCUT2D eigenvalue weighted by atomic mass is 10.0. The average molecular weight is 238 g/mol. The minimum atomic E-state index is -0.539. The molecule has 0 amide bonds. The molecule has 1 nitrogen and oxygen atoms in total. The van der Waals surface area contributed by atoms with Crippen LogP contribution in [0, 0.1) is 11.6 Å². The monoisotopic (exact) mass is 238 g/mol. The molecule has 0 atom stereocenters. The number of hydrogen-bond acceptors (Lipinski definition) is 1. The molecule has 0 fully saturated rings. The van der Waals surface area contributed by atoms with Gasteiger partial charge in [0.05, 0.1) is 0 Å². The maximum Gasteiger partial charge on any atom is 0.160 e. The summed E-state index contributed by atoms with van der Waals surface area (Å²) in [6.07, 6.45) is 3.04. The molecule has 1 aromatic carbocycles. The summed E-state index contributed by atoms with van der Waals surface area (Å²) in [5.74, 6) is -1.25. The Morgan fingerprint density at radius 3 is 2.47 bits per heavy atom. The van der Waals surface area contributed by atoms with E-state index in [1.807, 2.05) is 13.8 Å². The molecule has 0 aliphatic rings. The Morgan fingerprint density at radius 1 is 1.24 bits per heavy atom. The van der Waals surface area contributed by atoms with Gasteiger partial charge in [0, 0.05) is 6.42 Å². The largest absolute Gasteiger partial charge is 0.294 e. The van der Waals surface area contributed by atoms with Gasteiger partial charge in [0.25, 0.3) is 0 Å². The number of hydrogen-bond donors (Lipinski definition) is 0. The molecule has 0 aromatic heterocycles. The highest BCUT2D eigenvalue weighted by atomic mass is 19.1. The Kier molecular flexibility index (Phi) is 5.01. The molecule has 1 rings (SSSR count). The highest BCUT2D eigenvalue weighted by Crippen LogP contribution is 2.12. The zero-order valence-electron chi connectivity index (χ0n) is 10.1. The number of allylic oxidation sites excluding steroid dienone is 2. The minimum Gasteiger partial charge on any atom is -0.294 e. The van der Waals surface area contributed by atoms with E-state index in [2.05, 4.69) is 0 Å². The molecule has 0 radical (unpaired) electrons. The number of carbonyl (C=O) groups excluding carboxylic acids is 1. The van der Waals surface area contributed by atoms with Gasteiger partial charge in [0.2, 0.25) is 0 Å². The van der Waals surface area contributed by atoms with Crippen molar-refractivity contribution in [3.8, 4) is 0 Å². The molecule has 17 heavy (non-hydrogen) atoms. The maximum absolute atomic E-state index is 13.3. The number of benzene rings is 1. The van der Waals surface area contributed by atoms with Crippen LogP contribution in [0.2, 0.25) is 0 Å². The Hall–Kier alpha value is -1.51. The quantitative estimate of drug-likeness (QED) is 0.713. The molecule has 0 aliphatic heterocycles. The van der Waals surface area contributed by atoms with Crippen LogP contribution < -0.4 is 0 Å². The lowest BCUT2D eigenvalue weighted by Crippen LogP contribution is -2.03. The van der Waals surface area contributed by atoms with E-state index in [0.717, 1.165) is 36.6 Å². The van der Waals surface area contributed by atoms with Crippen LogP contribution in [0.5, 0.6) is 0 Å². The standard InChI is InChI=1S/C14H16F2O/c1-3-10(4-2)7-13(17)9-11-8-12(15)5-6-14(11)16/h5-8H,3-4,9H2,1-2H3. The molecule has 0 heterocycles. The lowest BCUT2D eigenvalue weighted by Gasteiger charge is -2.02. The van der Waals surface area contributed by atoms with Crippen LogP contribution in [-0.4, -0.2) is 5.78 Å². The van der Waals surface area contributed by atoms with Gasteiger partial charge >= 0.3 is 0 Å². The third kappa shape index (κ3) is 4.10. The van der Waals surface area contributed by atoms with Gasteiger partial charge < -0.3 is 0 Å². The highest BCUT2D eigenvalue weighted by Gasteiger charge is 2.08. The predicted octanol–water partition coefficient (Wildman–Crippen LogP) is 3.82. The van der Waals surface area contributed by atoms with Crippen molar-refractivity contribution in [3.05, 3.63) is 47.0 Å². The Bertz CT molecular complexity index is 430. The molecule has 1 aromatic rings. The normalized spacial score (nSPS) is 10.1. The maximum atomic E-state index is 13.3. The van der Waals surface area contributed by atoms with Crippen molar-refractivity contribution in [2.75, 3.05) is 0 Å². The SMILES string of the molecule is CCC(=CC(=O)Cc1cc(F)ccc1F)CC. The summed E-state index contributed by atoms with van der Waals surface area (Å²) in [7, 11) is 0. The van der Waals surface area contributed by atoms with Gasteiger partial charge in [-0.3, -0.25) is 4.79 Å². The fraction of sp³-hybridized carbons (Fsp3) is 0.357. The van der Waals surface area contributed by atoms with Crippen LogP contribution in [0.4, 0.5) is 8.78 Å². The minimum absolute atomic E-state index is 0.0902. The van der Waals surface area contributed by atoms with E-state index in [1.165, 1.54) is 6.08 Å². The van der Waals surface area contributed by atoms with Gasteiger partial charge in [-0.05, 0) is 42.7 Å². The molecule has 0 spiro atoms. The zero-order chi connectivity index (χ0) is 12.8. The van der Waals surface area contributed by atoms with Crippen LogP contribution >= 0.6 is 0 Å². The smallest absolute Gasteiger partial charge is 0.160 e. The second-order valence-corrected chi connectivity index (χ2v) is 3.89. The van der Waals surface area contributed by atoms with Gasteiger partial charge in [-0.25, -0.2) is 8.78 Å². The molecule has 0 aliphatic carbocycles. The number of rotatable bonds is 5. The number of ketones is 1. The Morgan fingerprint density at radius 2 is 1.88 bits per heavy atom. The fourth-order valence-electron chi connectivity index (χ4n) is 1.60. The summed E-state index contributed by atoms with van der Waals surface area (Å²) in [4.78, 5) is 11.6. The van der Waals surface area contributed by atoms with Gasteiger partial charge in [0.1, 0.15) is 11.6 Å². The molecule has 0 N–H and O–H groups in total. The van der Waals surface area contributed by atoms with E-state index >= 15 is 0 Å². The van der Waals surface area contributed by atoms with E-state index in [-0.39, 0.29) is 17.8 Å². The van der Waals surface area contributed by atoms with E-state index in [1.54, 1.807) is 0 Å². The van der Waals surface area contributed by atoms with E-state index in [4.69, 9.17) is 0 Å². The first-order chi connectivity index (χ1) is 8.06.